The molecular formula is C15H22N2O. The minimum atomic E-state index is 0.0813. The predicted octanol–water partition coefficient (Wildman–Crippen LogP) is 2.79. The van der Waals surface area contributed by atoms with E-state index in [0.29, 0.717) is 0 Å². The molecule has 0 aromatic heterocycles. The van der Waals surface area contributed by atoms with Gasteiger partial charge in [-0.15, -0.1) is 5.16 Å². The van der Waals surface area contributed by atoms with E-state index in [9.17, 15) is 0 Å². The summed E-state index contributed by atoms with van der Waals surface area (Å²) in [7, 11) is 0. The van der Waals surface area contributed by atoms with Crippen molar-refractivity contribution in [1.29, 1.82) is 0 Å². The van der Waals surface area contributed by atoms with Crippen LogP contribution in [-0.2, 0) is 6.42 Å². The fourth-order valence-corrected chi connectivity index (χ4v) is 2.49. The molecule has 0 spiro atoms. The van der Waals surface area contributed by atoms with E-state index in [0.717, 1.165) is 38.9 Å². The Hall–Kier alpha value is -1.35. The van der Waals surface area contributed by atoms with Gasteiger partial charge in [-0.3, -0.25) is 0 Å². The largest absolute Gasteiger partial charge is 0.411 e. The van der Waals surface area contributed by atoms with Crippen LogP contribution in [0.25, 0.3) is 0 Å². The van der Waals surface area contributed by atoms with Gasteiger partial charge in [0, 0.05) is 18.2 Å². The molecule has 1 aromatic rings. The second-order valence-electron chi connectivity index (χ2n) is 5.48. The lowest BCUT2D eigenvalue weighted by molar-refractivity contribution is 0.165. The molecule has 0 amide bonds. The Morgan fingerprint density at radius 2 is 1.94 bits per heavy atom. The molecule has 1 saturated heterocycles. The lowest BCUT2D eigenvalue weighted by Crippen LogP contribution is -2.40. The molecule has 0 saturated carbocycles. The number of rotatable bonds is 4. The van der Waals surface area contributed by atoms with Gasteiger partial charge in [-0.1, -0.05) is 37.3 Å². The monoisotopic (exact) mass is 246 g/mol. The van der Waals surface area contributed by atoms with E-state index >= 15 is 0 Å². The molecule has 3 heteroatoms. The van der Waals surface area contributed by atoms with Crippen molar-refractivity contribution in [3.63, 3.8) is 0 Å². The second-order valence-corrected chi connectivity index (χ2v) is 5.48. The first kappa shape index (κ1) is 13.1. The van der Waals surface area contributed by atoms with Gasteiger partial charge in [0.15, 0.2) is 0 Å². The first-order valence-corrected chi connectivity index (χ1v) is 6.67. The summed E-state index contributed by atoms with van der Waals surface area (Å²) in [5.41, 5.74) is 1.49. The van der Waals surface area contributed by atoms with Crippen molar-refractivity contribution >= 4 is 6.21 Å². The summed E-state index contributed by atoms with van der Waals surface area (Å²) in [6.07, 6.45) is 4.96. The van der Waals surface area contributed by atoms with Crippen molar-refractivity contribution in [1.82, 2.24) is 4.90 Å². The Morgan fingerprint density at radius 1 is 1.28 bits per heavy atom. The minimum absolute atomic E-state index is 0.0813. The maximum Gasteiger partial charge on any atom is 0.0495 e. The molecule has 2 rings (SSSR count). The van der Waals surface area contributed by atoms with Crippen LogP contribution in [0.2, 0.25) is 0 Å². The minimum Gasteiger partial charge on any atom is -0.411 e. The number of benzene rings is 1. The van der Waals surface area contributed by atoms with Crippen molar-refractivity contribution in [3.05, 3.63) is 35.9 Å². The van der Waals surface area contributed by atoms with Crippen LogP contribution >= 0.6 is 0 Å². The van der Waals surface area contributed by atoms with Crippen LogP contribution in [0.1, 0.15) is 25.3 Å². The normalized spacial score (nSPS) is 20.3. The van der Waals surface area contributed by atoms with Crippen LogP contribution in [-0.4, -0.2) is 36.0 Å². The first-order valence-electron chi connectivity index (χ1n) is 6.67. The van der Waals surface area contributed by atoms with E-state index in [1.807, 2.05) is 0 Å². The smallest absolute Gasteiger partial charge is 0.0495 e. The maximum absolute atomic E-state index is 8.66. The van der Waals surface area contributed by atoms with Gasteiger partial charge in [-0.25, -0.2) is 0 Å². The van der Waals surface area contributed by atoms with Crippen molar-refractivity contribution in [2.45, 2.75) is 26.2 Å². The number of hydrogen-bond donors (Lipinski definition) is 1. The molecule has 1 aliphatic rings. The summed E-state index contributed by atoms with van der Waals surface area (Å²) >= 11 is 0. The van der Waals surface area contributed by atoms with E-state index < -0.39 is 0 Å². The standard InChI is InChI=1S/C15H22N2O/c1-15(13-16-18)8-11-17(12-9-15)10-7-14-5-3-2-4-6-14/h2-6,13,18H,7-12H2,1H3/b16-13-. The highest BCUT2D eigenvalue weighted by Crippen LogP contribution is 2.28. The van der Waals surface area contributed by atoms with Crippen molar-refractivity contribution < 1.29 is 5.21 Å². The lowest BCUT2D eigenvalue weighted by Gasteiger charge is -2.36. The molecule has 0 atom stereocenters. The Morgan fingerprint density at radius 3 is 2.56 bits per heavy atom. The summed E-state index contributed by atoms with van der Waals surface area (Å²) < 4.78 is 0. The number of hydrogen-bond acceptors (Lipinski definition) is 3. The fraction of sp³-hybridized carbons (Fsp3) is 0.533. The van der Waals surface area contributed by atoms with Crippen LogP contribution in [0.5, 0.6) is 0 Å². The third kappa shape index (κ3) is 3.57. The summed E-state index contributed by atoms with van der Waals surface area (Å²) in [6, 6.07) is 10.6. The van der Waals surface area contributed by atoms with Gasteiger partial charge in [0.05, 0.1) is 0 Å². The Balaban J connectivity index is 1.77. The molecule has 1 N–H and O–H groups in total. The summed E-state index contributed by atoms with van der Waals surface area (Å²) in [4.78, 5) is 2.50. The maximum atomic E-state index is 8.66. The number of oxime groups is 1. The molecular weight excluding hydrogens is 224 g/mol. The molecule has 0 radical (unpaired) electrons. The van der Waals surface area contributed by atoms with Crippen LogP contribution in [0.3, 0.4) is 0 Å². The third-order valence-corrected chi connectivity index (χ3v) is 3.93. The summed E-state index contributed by atoms with van der Waals surface area (Å²) in [5, 5.41) is 11.9. The number of nitrogens with zero attached hydrogens (tertiary/aromatic N) is 2. The van der Waals surface area contributed by atoms with Gasteiger partial charge in [0.2, 0.25) is 0 Å². The number of likely N-dealkylation sites (tertiary alicyclic amines) is 1. The Kier molecular flexibility index (Phi) is 4.37. The van der Waals surface area contributed by atoms with Crippen LogP contribution < -0.4 is 0 Å². The molecule has 1 heterocycles. The van der Waals surface area contributed by atoms with E-state index in [1.165, 1.54) is 5.56 Å². The molecule has 1 fully saturated rings. The van der Waals surface area contributed by atoms with Gasteiger partial charge in [-0.2, -0.15) is 0 Å². The molecule has 3 nitrogen and oxygen atoms in total. The highest BCUT2D eigenvalue weighted by Gasteiger charge is 2.28. The summed E-state index contributed by atoms with van der Waals surface area (Å²) in [6.45, 7) is 5.47. The summed E-state index contributed by atoms with van der Waals surface area (Å²) in [5.74, 6) is 0. The average molecular weight is 246 g/mol. The van der Waals surface area contributed by atoms with Crippen LogP contribution in [0.15, 0.2) is 35.5 Å². The van der Waals surface area contributed by atoms with Crippen molar-refractivity contribution in [3.8, 4) is 0 Å². The zero-order chi connectivity index (χ0) is 12.8. The van der Waals surface area contributed by atoms with Gasteiger partial charge in [0.1, 0.15) is 0 Å². The Labute approximate surface area is 109 Å². The van der Waals surface area contributed by atoms with Gasteiger partial charge < -0.3 is 10.1 Å². The molecule has 18 heavy (non-hydrogen) atoms. The zero-order valence-corrected chi connectivity index (χ0v) is 11.0. The molecule has 0 aliphatic carbocycles. The van der Waals surface area contributed by atoms with Crippen LogP contribution in [0.4, 0.5) is 0 Å². The average Bonchev–Trinajstić information content (AvgIpc) is 2.40. The molecule has 0 unspecified atom stereocenters. The van der Waals surface area contributed by atoms with E-state index in [4.69, 9.17) is 5.21 Å². The molecule has 1 aliphatic heterocycles. The fourth-order valence-electron chi connectivity index (χ4n) is 2.49. The Bertz CT molecular complexity index is 381. The van der Waals surface area contributed by atoms with Gasteiger partial charge >= 0.3 is 0 Å². The van der Waals surface area contributed by atoms with E-state index in [1.54, 1.807) is 6.21 Å². The van der Waals surface area contributed by atoms with Gasteiger partial charge in [0.25, 0.3) is 0 Å². The molecule has 1 aromatic carbocycles. The van der Waals surface area contributed by atoms with Gasteiger partial charge in [-0.05, 0) is 37.9 Å². The molecule has 0 bridgehead atoms. The van der Waals surface area contributed by atoms with Crippen molar-refractivity contribution in [2.24, 2.45) is 10.6 Å². The SMILES string of the molecule is CC1(/C=N\O)CCN(CCc2ccccc2)CC1. The third-order valence-electron chi connectivity index (χ3n) is 3.93. The first-order chi connectivity index (χ1) is 8.72. The van der Waals surface area contributed by atoms with E-state index in [-0.39, 0.29) is 5.41 Å². The quantitative estimate of drug-likeness (QED) is 0.504. The second kappa shape index (κ2) is 6.01. The lowest BCUT2D eigenvalue weighted by atomic mass is 9.81. The highest BCUT2D eigenvalue weighted by atomic mass is 16.4. The molecule has 98 valence electrons. The topological polar surface area (TPSA) is 35.8 Å². The number of piperidine rings is 1. The highest BCUT2D eigenvalue weighted by molar-refractivity contribution is 5.64. The predicted molar refractivity (Wildman–Crippen MR) is 74.2 cm³/mol. The van der Waals surface area contributed by atoms with E-state index in [2.05, 4.69) is 47.3 Å². The zero-order valence-electron chi connectivity index (χ0n) is 11.0. The van der Waals surface area contributed by atoms with Crippen molar-refractivity contribution in [2.75, 3.05) is 19.6 Å². The van der Waals surface area contributed by atoms with Crippen LogP contribution in [0, 0.1) is 5.41 Å².